The molecule has 0 aromatic rings. The summed E-state index contributed by atoms with van der Waals surface area (Å²) in [5, 5.41) is 0. The van der Waals surface area contributed by atoms with Crippen LogP contribution in [0.2, 0.25) is 0 Å². The number of carbonyl (C=O) groups excluding carboxylic acids is 1. The Kier molecular flexibility index (Phi) is 7.19. The summed E-state index contributed by atoms with van der Waals surface area (Å²) < 4.78 is 28.5. The van der Waals surface area contributed by atoms with Gasteiger partial charge in [0.2, 0.25) is 11.6 Å². The number of esters is 1. The molecule has 0 radical (unpaired) electrons. The zero-order valence-electron chi connectivity index (χ0n) is 19.1. The van der Waals surface area contributed by atoms with E-state index in [1.807, 2.05) is 6.92 Å². The Morgan fingerprint density at radius 3 is 1.93 bits per heavy atom. The summed E-state index contributed by atoms with van der Waals surface area (Å²) in [7, 11) is 3.08. The van der Waals surface area contributed by atoms with Gasteiger partial charge in [-0.15, -0.1) is 0 Å². The second kappa shape index (κ2) is 7.97. The second-order valence-electron chi connectivity index (χ2n) is 10.3. The van der Waals surface area contributed by atoms with Crippen LogP contribution in [-0.2, 0) is 28.5 Å². The van der Waals surface area contributed by atoms with Crippen molar-refractivity contribution in [3.05, 3.63) is 0 Å². The molecule has 0 aliphatic carbocycles. The monoisotopic (exact) mass is 388 g/mol. The first-order chi connectivity index (χ1) is 12.0. The smallest absolute Gasteiger partial charge is 0.312 e. The molecule has 1 aliphatic heterocycles. The molecule has 6 nitrogen and oxygen atoms in total. The summed E-state index contributed by atoms with van der Waals surface area (Å²) >= 11 is 0. The van der Waals surface area contributed by atoms with Gasteiger partial charge in [-0.05, 0) is 38.0 Å². The van der Waals surface area contributed by atoms with Crippen LogP contribution < -0.4 is 0 Å². The number of hydrogen-bond acceptors (Lipinski definition) is 6. The molecule has 1 fully saturated rings. The van der Waals surface area contributed by atoms with Crippen molar-refractivity contribution in [3.63, 3.8) is 0 Å². The number of carbonyl (C=O) groups is 1. The quantitative estimate of drug-likeness (QED) is 0.637. The Labute approximate surface area is 165 Å². The lowest BCUT2D eigenvalue weighted by atomic mass is 9.61. The highest BCUT2D eigenvalue weighted by molar-refractivity contribution is 5.77. The minimum Gasteiger partial charge on any atom is -0.462 e. The van der Waals surface area contributed by atoms with Crippen molar-refractivity contribution < 1.29 is 28.5 Å². The van der Waals surface area contributed by atoms with Crippen molar-refractivity contribution in [2.45, 2.75) is 86.4 Å². The molecule has 0 amide bonds. The van der Waals surface area contributed by atoms with Crippen molar-refractivity contribution in [3.8, 4) is 0 Å². The molecule has 1 rings (SSSR count). The zero-order chi connectivity index (χ0) is 21.3. The van der Waals surface area contributed by atoms with Gasteiger partial charge in [-0.25, -0.2) is 0 Å². The molecule has 0 spiro atoms. The molecule has 1 heterocycles. The van der Waals surface area contributed by atoms with Gasteiger partial charge in [-0.2, -0.15) is 0 Å². The Bertz CT molecular complexity index is 520. The molecule has 0 N–H and O–H groups in total. The van der Waals surface area contributed by atoms with Crippen LogP contribution >= 0.6 is 0 Å². The van der Waals surface area contributed by atoms with Crippen LogP contribution in [0.25, 0.3) is 0 Å². The van der Waals surface area contributed by atoms with Crippen LogP contribution in [0.3, 0.4) is 0 Å². The summed E-state index contributed by atoms with van der Waals surface area (Å²) in [6, 6.07) is 0. The SMILES string of the molecule is COC1(C)OCC(COC(=O)C(C)(CC(C)(C)C)C(C)(C)C)OC1(C)OC. The van der Waals surface area contributed by atoms with Crippen LogP contribution in [0.1, 0.15) is 68.7 Å². The van der Waals surface area contributed by atoms with E-state index >= 15 is 0 Å². The molecular weight excluding hydrogens is 348 g/mol. The van der Waals surface area contributed by atoms with E-state index in [9.17, 15) is 4.79 Å². The maximum absolute atomic E-state index is 13.1. The standard InChI is InChI=1S/C21H40O6/c1-17(2,3)14-19(7,18(4,5)6)16(22)25-12-15-13-26-20(8,23-10)21(9,24-11)27-15/h15H,12-14H2,1-11H3. The first-order valence-corrected chi connectivity index (χ1v) is 9.63. The average Bonchev–Trinajstić information content (AvgIpc) is 2.53. The molecule has 4 atom stereocenters. The lowest BCUT2D eigenvalue weighted by Gasteiger charge is -2.49. The molecular formula is C21H40O6. The van der Waals surface area contributed by atoms with Crippen molar-refractivity contribution in [2.75, 3.05) is 27.4 Å². The summed E-state index contributed by atoms with van der Waals surface area (Å²) in [5.74, 6) is -2.35. The lowest BCUT2D eigenvalue weighted by Crippen LogP contribution is -2.63. The third-order valence-electron chi connectivity index (χ3n) is 5.93. The molecule has 160 valence electrons. The van der Waals surface area contributed by atoms with Crippen molar-refractivity contribution >= 4 is 5.97 Å². The van der Waals surface area contributed by atoms with Crippen molar-refractivity contribution in [1.82, 2.24) is 0 Å². The summed E-state index contributed by atoms with van der Waals surface area (Å²) in [6.45, 7) is 18.5. The Morgan fingerprint density at radius 2 is 1.52 bits per heavy atom. The van der Waals surface area contributed by atoms with Crippen LogP contribution in [-0.4, -0.2) is 51.1 Å². The predicted octanol–water partition coefficient (Wildman–Crippen LogP) is 4.16. The Balaban J connectivity index is 2.86. The van der Waals surface area contributed by atoms with E-state index in [1.54, 1.807) is 21.0 Å². The summed E-state index contributed by atoms with van der Waals surface area (Å²) in [6.07, 6.45) is 0.294. The van der Waals surface area contributed by atoms with Crippen LogP contribution in [0.4, 0.5) is 0 Å². The van der Waals surface area contributed by atoms with Gasteiger partial charge in [0, 0.05) is 14.2 Å². The Hall–Kier alpha value is -0.690. The molecule has 27 heavy (non-hydrogen) atoms. The van der Waals surface area contributed by atoms with Gasteiger partial charge in [-0.3, -0.25) is 4.79 Å². The van der Waals surface area contributed by atoms with Crippen molar-refractivity contribution in [1.29, 1.82) is 0 Å². The normalized spacial score (nSPS) is 32.0. The first kappa shape index (κ1) is 24.3. The largest absolute Gasteiger partial charge is 0.462 e. The molecule has 0 aromatic heterocycles. The van der Waals surface area contributed by atoms with E-state index in [1.165, 1.54) is 7.11 Å². The van der Waals surface area contributed by atoms with Gasteiger partial charge in [-0.1, -0.05) is 41.5 Å². The minimum absolute atomic E-state index is 0.000398. The topological polar surface area (TPSA) is 63.2 Å². The number of ether oxygens (including phenoxy) is 5. The van der Waals surface area contributed by atoms with E-state index in [-0.39, 0.29) is 30.0 Å². The fraction of sp³-hybridized carbons (Fsp3) is 0.952. The zero-order valence-corrected chi connectivity index (χ0v) is 19.1. The maximum Gasteiger partial charge on any atom is 0.312 e. The van der Waals surface area contributed by atoms with E-state index in [0.29, 0.717) is 0 Å². The van der Waals surface area contributed by atoms with E-state index < -0.39 is 23.1 Å². The van der Waals surface area contributed by atoms with Gasteiger partial charge < -0.3 is 23.7 Å². The van der Waals surface area contributed by atoms with E-state index in [4.69, 9.17) is 23.7 Å². The second-order valence-corrected chi connectivity index (χ2v) is 10.3. The third-order valence-corrected chi connectivity index (χ3v) is 5.93. The first-order valence-electron chi connectivity index (χ1n) is 9.63. The van der Waals surface area contributed by atoms with E-state index in [0.717, 1.165) is 6.42 Å². The fourth-order valence-electron chi connectivity index (χ4n) is 3.43. The molecule has 0 saturated carbocycles. The highest BCUT2D eigenvalue weighted by atomic mass is 16.8. The number of methoxy groups -OCH3 is 2. The van der Waals surface area contributed by atoms with Crippen LogP contribution in [0, 0.1) is 16.2 Å². The molecule has 6 heteroatoms. The van der Waals surface area contributed by atoms with Gasteiger partial charge in [0.15, 0.2) is 0 Å². The summed E-state index contributed by atoms with van der Waals surface area (Å²) in [4.78, 5) is 13.1. The van der Waals surface area contributed by atoms with Crippen LogP contribution in [0.15, 0.2) is 0 Å². The number of hydrogen-bond donors (Lipinski definition) is 0. The maximum atomic E-state index is 13.1. The minimum atomic E-state index is -1.10. The van der Waals surface area contributed by atoms with Gasteiger partial charge >= 0.3 is 5.97 Å². The number of rotatable bonds is 6. The molecule has 1 saturated heterocycles. The van der Waals surface area contributed by atoms with Crippen LogP contribution in [0.5, 0.6) is 0 Å². The molecule has 4 unspecified atom stereocenters. The molecule has 1 aliphatic rings. The molecule has 0 aromatic carbocycles. The Morgan fingerprint density at radius 1 is 1.00 bits per heavy atom. The van der Waals surface area contributed by atoms with Gasteiger partial charge in [0.25, 0.3) is 0 Å². The highest BCUT2D eigenvalue weighted by Gasteiger charge is 2.54. The summed E-state index contributed by atoms with van der Waals surface area (Å²) in [5.41, 5.74) is -0.857. The van der Waals surface area contributed by atoms with E-state index in [2.05, 4.69) is 41.5 Å². The fourth-order valence-corrected chi connectivity index (χ4v) is 3.43. The average molecular weight is 389 g/mol. The van der Waals surface area contributed by atoms with Crippen molar-refractivity contribution in [2.24, 2.45) is 16.2 Å². The molecule has 0 bridgehead atoms. The highest BCUT2D eigenvalue weighted by Crippen LogP contribution is 2.47. The lowest BCUT2D eigenvalue weighted by molar-refractivity contribution is -0.432. The van der Waals surface area contributed by atoms with Gasteiger partial charge in [0.05, 0.1) is 12.0 Å². The van der Waals surface area contributed by atoms with Gasteiger partial charge in [0.1, 0.15) is 12.7 Å². The predicted molar refractivity (Wildman–Crippen MR) is 104 cm³/mol. The third kappa shape index (κ3) is 5.22.